The second kappa shape index (κ2) is 4.08. The van der Waals surface area contributed by atoms with Gasteiger partial charge < -0.3 is 5.73 Å². The molecule has 0 aliphatic rings. The van der Waals surface area contributed by atoms with E-state index in [0.717, 1.165) is 11.0 Å². The summed E-state index contributed by atoms with van der Waals surface area (Å²) in [6, 6.07) is 7.93. The third-order valence-corrected chi connectivity index (χ3v) is 4.56. The largest absolute Gasteiger partial charge is 0.320 e. The van der Waals surface area contributed by atoms with E-state index in [2.05, 4.69) is 34.9 Å². The zero-order valence-corrected chi connectivity index (χ0v) is 10.4. The molecule has 1 aromatic carbocycles. The lowest BCUT2D eigenvalue weighted by atomic mass is 10.3. The van der Waals surface area contributed by atoms with Gasteiger partial charge in [-0.3, -0.25) is 4.35 Å². The first-order chi connectivity index (χ1) is 7.65. The Kier molecular flexibility index (Phi) is 2.77. The van der Waals surface area contributed by atoms with Gasteiger partial charge in [0.2, 0.25) is 0 Å². The van der Waals surface area contributed by atoms with Crippen molar-refractivity contribution in [2.75, 3.05) is 6.54 Å². The molecule has 0 saturated carbocycles. The molecule has 82 valence electrons. The van der Waals surface area contributed by atoms with Crippen LogP contribution in [0, 0.1) is 11.5 Å². The van der Waals surface area contributed by atoms with E-state index in [1.54, 1.807) is 0 Å². The molecule has 2 aromatic rings. The monoisotopic (exact) mass is 230 g/mol. The third kappa shape index (κ3) is 1.85. The Morgan fingerprint density at radius 1 is 1.38 bits per heavy atom. The highest BCUT2D eigenvalue weighted by Gasteiger charge is 2.24. The number of nitrogens with zero attached hydrogens (tertiary/aromatic N) is 3. The molecule has 0 bridgehead atoms. The van der Waals surface area contributed by atoms with Crippen LogP contribution in [0.1, 0.15) is 0 Å². The lowest BCUT2D eigenvalue weighted by Crippen LogP contribution is -2.36. The highest BCUT2D eigenvalue weighted by atomic mass is 28.3. The van der Waals surface area contributed by atoms with Crippen LogP contribution >= 0.6 is 0 Å². The molecule has 1 aromatic heterocycles. The minimum atomic E-state index is -1.91. The van der Waals surface area contributed by atoms with Crippen molar-refractivity contribution in [3.8, 4) is 11.5 Å². The van der Waals surface area contributed by atoms with E-state index in [4.69, 9.17) is 5.73 Å². The van der Waals surface area contributed by atoms with E-state index in [1.165, 1.54) is 0 Å². The number of nitrogens with two attached hydrogens (primary N) is 1. The summed E-state index contributed by atoms with van der Waals surface area (Å²) in [6.07, 6.45) is 0. The smallest absolute Gasteiger partial charge is 0.258 e. The van der Waals surface area contributed by atoms with E-state index in [-0.39, 0.29) is 0 Å². The maximum atomic E-state index is 5.41. The Hall–Kier alpha value is -1.64. The van der Waals surface area contributed by atoms with Crippen molar-refractivity contribution < 1.29 is 0 Å². The van der Waals surface area contributed by atoms with Gasteiger partial charge in [-0.1, -0.05) is 23.3 Å². The van der Waals surface area contributed by atoms with Crippen LogP contribution in [0.2, 0.25) is 13.1 Å². The second-order valence-electron chi connectivity index (χ2n) is 4.05. The van der Waals surface area contributed by atoms with Crippen LogP contribution in [-0.2, 0) is 0 Å². The molecule has 1 heterocycles. The van der Waals surface area contributed by atoms with Gasteiger partial charge in [0.25, 0.3) is 8.24 Å². The quantitative estimate of drug-likeness (QED) is 0.587. The standard InChI is InChI=1S/C11H14N4Si/c1-16(2,9-5-8-12)15-11-7-4-3-6-10(11)13-14-15/h3-4,6-7H,8,12H2,1-2H3. The molecule has 0 saturated heterocycles. The Balaban J connectivity index is 2.55. The van der Waals surface area contributed by atoms with Gasteiger partial charge in [-0.05, 0) is 25.2 Å². The van der Waals surface area contributed by atoms with Gasteiger partial charge in [0.05, 0.1) is 12.1 Å². The van der Waals surface area contributed by atoms with Crippen molar-refractivity contribution in [3.05, 3.63) is 24.3 Å². The molecule has 4 nitrogen and oxygen atoms in total. The Labute approximate surface area is 95.5 Å². The Bertz CT molecular complexity index is 562. The van der Waals surface area contributed by atoms with Crippen molar-refractivity contribution in [2.24, 2.45) is 5.73 Å². The van der Waals surface area contributed by atoms with Gasteiger partial charge >= 0.3 is 0 Å². The summed E-state index contributed by atoms with van der Waals surface area (Å²) < 4.78 is 1.96. The molecule has 0 spiro atoms. The fourth-order valence-corrected chi connectivity index (χ4v) is 3.30. The summed E-state index contributed by atoms with van der Waals surface area (Å²) in [5, 5.41) is 8.35. The minimum Gasteiger partial charge on any atom is -0.320 e. The van der Waals surface area contributed by atoms with Gasteiger partial charge in [0.15, 0.2) is 0 Å². The molecule has 0 atom stereocenters. The summed E-state index contributed by atoms with van der Waals surface area (Å²) >= 11 is 0. The summed E-state index contributed by atoms with van der Waals surface area (Å²) in [4.78, 5) is 0. The van der Waals surface area contributed by atoms with Crippen LogP contribution in [-0.4, -0.2) is 29.4 Å². The van der Waals surface area contributed by atoms with E-state index in [9.17, 15) is 0 Å². The average molecular weight is 230 g/mol. The van der Waals surface area contributed by atoms with E-state index in [1.807, 2.05) is 28.6 Å². The first-order valence-corrected chi connectivity index (χ1v) is 8.11. The van der Waals surface area contributed by atoms with Gasteiger partial charge in [0.1, 0.15) is 5.52 Å². The molecule has 2 N–H and O–H groups in total. The fraction of sp³-hybridized carbons (Fsp3) is 0.273. The van der Waals surface area contributed by atoms with Gasteiger partial charge in [0, 0.05) is 0 Å². The zero-order valence-electron chi connectivity index (χ0n) is 9.44. The van der Waals surface area contributed by atoms with Gasteiger partial charge in [-0.15, -0.1) is 10.6 Å². The number of hydrogen-bond donors (Lipinski definition) is 1. The normalized spacial score (nSPS) is 11.2. The van der Waals surface area contributed by atoms with E-state index in [0.29, 0.717) is 6.54 Å². The number of para-hydroxylation sites is 1. The van der Waals surface area contributed by atoms with Crippen LogP contribution in [0.25, 0.3) is 11.0 Å². The molecule has 2 rings (SSSR count). The van der Waals surface area contributed by atoms with Crippen molar-refractivity contribution in [3.63, 3.8) is 0 Å². The van der Waals surface area contributed by atoms with Crippen LogP contribution < -0.4 is 5.73 Å². The molecule has 0 amide bonds. The fourth-order valence-electron chi connectivity index (χ4n) is 1.60. The van der Waals surface area contributed by atoms with Gasteiger partial charge in [-0.25, -0.2) is 0 Å². The Morgan fingerprint density at radius 3 is 2.88 bits per heavy atom. The van der Waals surface area contributed by atoms with Crippen molar-refractivity contribution >= 4 is 19.3 Å². The molecule has 0 aliphatic carbocycles. The van der Waals surface area contributed by atoms with Crippen molar-refractivity contribution in [1.82, 2.24) is 14.7 Å². The van der Waals surface area contributed by atoms with Gasteiger partial charge in [-0.2, -0.15) is 0 Å². The zero-order chi connectivity index (χ0) is 11.6. The molecule has 0 aliphatic heterocycles. The predicted molar refractivity (Wildman–Crippen MR) is 67.2 cm³/mol. The number of rotatable bonds is 1. The summed E-state index contributed by atoms with van der Waals surface area (Å²) in [6.45, 7) is 4.66. The lowest BCUT2D eigenvalue weighted by molar-refractivity contribution is 0.868. The molecule has 5 heteroatoms. The number of benzene rings is 1. The molecular formula is C11H14N4Si. The topological polar surface area (TPSA) is 56.7 Å². The molecule has 0 fully saturated rings. The maximum absolute atomic E-state index is 5.41. The molecule has 0 radical (unpaired) electrons. The average Bonchev–Trinajstić information content (AvgIpc) is 2.71. The minimum absolute atomic E-state index is 0.392. The second-order valence-corrected chi connectivity index (χ2v) is 7.85. The van der Waals surface area contributed by atoms with Crippen LogP contribution in [0.15, 0.2) is 24.3 Å². The van der Waals surface area contributed by atoms with E-state index < -0.39 is 8.24 Å². The summed E-state index contributed by atoms with van der Waals surface area (Å²) in [5.74, 6) is 2.94. The SMILES string of the molecule is C[Si](C)(C#CCN)n1nnc2ccccc21. The first-order valence-electron chi connectivity index (χ1n) is 5.16. The van der Waals surface area contributed by atoms with Crippen LogP contribution in [0.4, 0.5) is 0 Å². The van der Waals surface area contributed by atoms with Crippen LogP contribution in [0.5, 0.6) is 0 Å². The number of aromatic nitrogens is 3. The number of fused-ring (bicyclic) bond motifs is 1. The highest BCUT2D eigenvalue weighted by molar-refractivity contribution is 6.84. The van der Waals surface area contributed by atoms with Crippen LogP contribution in [0.3, 0.4) is 0 Å². The van der Waals surface area contributed by atoms with Crippen molar-refractivity contribution in [2.45, 2.75) is 13.1 Å². The summed E-state index contributed by atoms with van der Waals surface area (Å²) in [5.41, 5.74) is 10.6. The molecular weight excluding hydrogens is 216 g/mol. The molecule has 0 unspecified atom stereocenters. The highest BCUT2D eigenvalue weighted by Crippen LogP contribution is 2.14. The molecule has 16 heavy (non-hydrogen) atoms. The summed E-state index contributed by atoms with van der Waals surface area (Å²) in [7, 11) is -1.91. The predicted octanol–water partition coefficient (Wildman–Crippen LogP) is 0.986. The van der Waals surface area contributed by atoms with E-state index >= 15 is 0 Å². The maximum Gasteiger partial charge on any atom is 0.258 e. The Morgan fingerprint density at radius 2 is 2.12 bits per heavy atom. The first kappa shape index (κ1) is 10.9. The lowest BCUT2D eigenvalue weighted by Gasteiger charge is -2.15. The van der Waals surface area contributed by atoms with Crippen molar-refractivity contribution in [1.29, 1.82) is 0 Å². The number of hydrogen-bond acceptors (Lipinski definition) is 3. The third-order valence-electron chi connectivity index (χ3n) is 2.38.